The van der Waals surface area contributed by atoms with Gasteiger partial charge in [-0.05, 0) is 18.4 Å². The maximum Gasteiger partial charge on any atom is 0.225 e. The predicted molar refractivity (Wildman–Crippen MR) is 67.3 cm³/mol. The standard InChI is InChI=1S/C11H19N5O/c1-8(2)5-7-16(3)11-13-6-4-9(14-11)10(12)15-17/h4,6,8,17H,5,7H2,1-3H3,(H2,12,15). The molecule has 6 nitrogen and oxygen atoms in total. The maximum atomic E-state index is 8.58. The summed E-state index contributed by atoms with van der Waals surface area (Å²) in [5, 5.41) is 11.5. The van der Waals surface area contributed by atoms with Gasteiger partial charge in [-0.25, -0.2) is 9.97 Å². The van der Waals surface area contributed by atoms with E-state index in [2.05, 4.69) is 29.0 Å². The van der Waals surface area contributed by atoms with Crippen molar-refractivity contribution in [1.82, 2.24) is 9.97 Å². The Morgan fingerprint density at radius 3 is 2.88 bits per heavy atom. The molecule has 0 aliphatic carbocycles. The molecular weight excluding hydrogens is 218 g/mol. The summed E-state index contributed by atoms with van der Waals surface area (Å²) in [4.78, 5) is 10.3. The van der Waals surface area contributed by atoms with Crippen molar-refractivity contribution in [1.29, 1.82) is 0 Å². The van der Waals surface area contributed by atoms with Crippen LogP contribution in [-0.4, -0.2) is 34.6 Å². The van der Waals surface area contributed by atoms with Crippen LogP contribution >= 0.6 is 0 Å². The zero-order valence-corrected chi connectivity index (χ0v) is 10.5. The molecular formula is C11H19N5O. The summed E-state index contributed by atoms with van der Waals surface area (Å²) in [7, 11) is 1.92. The highest BCUT2D eigenvalue weighted by atomic mass is 16.4. The third-order valence-corrected chi connectivity index (χ3v) is 2.40. The smallest absolute Gasteiger partial charge is 0.225 e. The van der Waals surface area contributed by atoms with Gasteiger partial charge in [-0.3, -0.25) is 0 Å². The van der Waals surface area contributed by atoms with Crippen LogP contribution in [0.2, 0.25) is 0 Å². The number of hydrogen-bond acceptors (Lipinski definition) is 5. The van der Waals surface area contributed by atoms with E-state index < -0.39 is 0 Å². The van der Waals surface area contributed by atoms with Crippen LogP contribution in [0.25, 0.3) is 0 Å². The largest absolute Gasteiger partial charge is 0.409 e. The molecule has 1 aromatic rings. The van der Waals surface area contributed by atoms with Crippen LogP contribution in [0.3, 0.4) is 0 Å². The number of aromatic nitrogens is 2. The molecule has 0 fully saturated rings. The lowest BCUT2D eigenvalue weighted by Crippen LogP contribution is -2.24. The van der Waals surface area contributed by atoms with E-state index in [0.29, 0.717) is 17.6 Å². The van der Waals surface area contributed by atoms with Crippen LogP contribution in [0.5, 0.6) is 0 Å². The van der Waals surface area contributed by atoms with Gasteiger partial charge in [-0.15, -0.1) is 0 Å². The van der Waals surface area contributed by atoms with Crippen molar-refractivity contribution in [2.24, 2.45) is 16.8 Å². The Balaban J connectivity index is 2.77. The van der Waals surface area contributed by atoms with Crippen LogP contribution in [-0.2, 0) is 0 Å². The molecule has 0 amide bonds. The van der Waals surface area contributed by atoms with Gasteiger partial charge in [0.1, 0.15) is 5.69 Å². The van der Waals surface area contributed by atoms with Crippen LogP contribution in [0.1, 0.15) is 26.0 Å². The molecule has 0 aromatic carbocycles. The minimum Gasteiger partial charge on any atom is -0.409 e. The molecule has 1 heterocycles. The van der Waals surface area contributed by atoms with E-state index in [-0.39, 0.29) is 5.84 Å². The third-order valence-electron chi connectivity index (χ3n) is 2.40. The van der Waals surface area contributed by atoms with E-state index in [1.54, 1.807) is 12.3 Å². The van der Waals surface area contributed by atoms with Gasteiger partial charge in [0.15, 0.2) is 5.84 Å². The van der Waals surface area contributed by atoms with Crippen molar-refractivity contribution >= 4 is 11.8 Å². The summed E-state index contributed by atoms with van der Waals surface area (Å²) >= 11 is 0. The molecule has 0 spiro atoms. The summed E-state index contributed by atoms with van der Waals surface area (Å²) in [6.45, 7) is 5.21. The number of nitrogens with two attached hydrogens (primary N) is 1. The average molecular weight is 237 g/mol. The number of rotatable bonds is 5. The van der Waals surface area contributed by atoms with Crippen LogP contribution in [0.4, 0.5) is 5.95 Å². The molecule has 0 aliphatic rings. The van der Waals surface area contributed by atoms with E-state index in [0.717, 1.165) is 13.0 Å². The first-order chi connectivity index (χ1) is 8.04. The van der Waals surface area contributed by atoms with E-state index in [1.807, 2.05) is 11.9 Å². The molecule has 94 valence electrons. The highest BCUT2D eigenvalue weighted by Gasteiger charge is 2.08. The number of amidine groups is 1. The first-order valence-electron chi connectivity index (χ1n) is 5.56. The van der Waals surface area contributed by atoms with Gasteiger partial charge < -0.3 is 15.8 Å². The van der Waals surface area contributed by atoms with E-state index in [9.17, 15) is 0 Å². The molecule has 0 unspecified atom stereocenters. The van der Waals surface area contributed by atoms with E-state index in [1.165, 1.54) is 0 Å². The Hall–Kier alpha value is -1.85. The number of nitrogens with zero attached hydrogens (tertiary/aromatic N) is 4. The molecule has 0 saturated carbocycles. The lowest BCUT2D eigenvalue weighted by atomic mass is 10.1. The van der Waals surface area contributed by atoms with Crippen LogP contribution in [0.15, 0.2) is 17.4 Å². The Kier molecular flexibility index (Phi) is 4.68. The van der Waals surface area contributed by atoms with Gasteiger partial charge in [-0.1, -0.05) is 19.0 Å². The zero-order chi connectivity index (χ0) is 12.8. The van der Waals surface area contributed by atoms with Gasteiger partial charge in [0, 0.05) is 19.8 Å². The minimum atomic E-state index is -0.00842. The van der Waals surface area contributed by atoms with Crippen molar-refractivity contribution < 1.29 is 5.21 Å². The Bertz CT molecular complexity index is 391. The zero-order valence-electron chi connectivity index (χ0n) is 10.5. The van der Waals surface area contributed by atoms with Gasteiger partial charge >= 0.3 is 0 Å². The summed E-state index contributed by atoms with van der Waals surface area (Å²) in [6.07, 6.45) is 2.66. The topological polar surface area (TPSA) is 87.6 Å². The Morgan fingerprint density at radius 1 is 1.59 bits per heavy atom. The van der Waals surface area contributed by atoms with Crippen molar-refractivity contribution in [2.75, 3.05) is 18.5 Å². The fraction of sp³-hybridized carbons (Fsp3) is 0.545. The van der Waals surface area contributed by atoms with Gasteiger partial charge in [0.25, 0.3) is 0 Å². The lowest BCUT2D eigenvalue weighted by molar-refractivity contribution is 0.318. The monoisotopic (exact) mass is 237 g/mol. The summed E-state index contributed by atoms with van der Waals surface area (Å²) < 4.78 is 0. The summed E-state index contributed by atoms with van der Waals surface area (Å²) in [6, 6.07) is 1.61. The average Bonchev–Trinajstić information content (AvgIpc) is 2.35. The number of anilines is 1. The lowest BCUT2D eigenvalue weighted by Gasteiger charge is -2.18. The molecule has 1 aromatic heterocycles. The molecule has 1 rings (SSSR count). The van der Waals surface area contributed by atoms with Crippen molar-refractivity contribution in [2.45, 2.75) is 20.3 Å². The maximum absolute atomic E-state index is 8.58. The second-order valence-corrected chi connectivity index (χ2v) is 4.33. The first kappa shape index (κ1) is 13.2. The molecule has 0 saturated heterocycles. The SMILES string of the molecule is CC(C)CCN(C)c1nccc(/C(N)=N/O)n1. The second kappa shape index (κ2) is 6.03. The van der Waals surface area contributed by atoms with Gasteiger partial charge in [0.2, 0.25) is 5.95 Å². The molecule has 6 heteroatoms. The highest BCUT2D eigenvalue weighted by Crippen LogP contribution is 2.08. The third kappa shape index (κ3) is 3.90. The molecule has 0 atom stereocenters. The van der Waals surface area contributed by atoms with E-state index >= 15 is 0 Å². The molecule has 0 radical (unpaired) electrons. The van der Waals surface area contributed by atoms with Gasteiger partial charge in [0.05, 0.1) is 0 Å². The first-order valence-corrected chi connectivity index (χ1v) is 5.56. The van der Waals surface area contributed by atoms with Crippen LogP contribution < -0.4 is 10.6 Å². The summed E-state index contributed by atoms with van der Waals surface area (Å²) in [5.41, 5.74) is 5.90. The molecule has 0 bridgehead atoms. The quantitative estimate of drug-likeness (QED) is 0.346. The van der Waals surface area contributed by atoms with Crippen molar-refractivity contribution in [3.63, 3.8) is 0 Å². The second-order valence-electron chi connectivity index (χ2n) is 4.33. The fourth-order valence-electron chi connectivity index (χ4n) is 1.28. The number of hydrogen-bond donors (Lipinski definition) is 2. The highest BCUT2D eigenvalue weighted by molar-refractivity contribution is 5.95. The Labute approximate surface area is 101 Å². The molecule has 3 N–H and O–H groups in total. The van der Waals surface area contributed by atoms with Gasteiger partial charge in [-0.2, -0.15) is 0 Å². The van der Waals surface area contributed by atoms with Crippen molar-refractivity contribution in [3.05, 3.63) is 18.0 Å². The molecule has 0 aliphatic heterocycles. The molecule has 17 heavy (non-hydrogen) atoms. The van der Waals surface area contributed by atoms with Crippen LogP contribution in [0, 0.1) is 5.92 Å². The minimum absolute atomic E-state index is 0.00842. The van der Waals surface area contributed by atoms with Crippen molar-refractivity contribution in [3.8, 4) is 0 Å². The Morgan fingerprint density at radius 2 is 2.29 bits per heavy atom. The number of oxime groups is 1. The normalized spacial score (nSPS) is 11.9. The summed E-state index contributed by atoms with van der Waals surface area (Å²) in [5.74, 6) is 1.20. The van der Waals surface area contributed by atoms with E-state index in [4.69, 9.17) is 10.9 Å². The predicted octanol–water partition coefficient (Wildman–Crippen LogP) is 1.05. The fourth-order valence-corrected chi connectivity index (χ4v) is 1.28.